The van der Waals surface area contributed by atoms with Gasteiger partial charge in [-0.05, 0) is 61.9 Å². The number of methoxy groups -OCH3 is 1. The van der Waals surface area contributed by atoms with E-state index in [1.54, 1.807) is 36.4 Å². The van der Waals surface area contributed by atoms with E-state index in [0.29, 0.717) is 36.9 Å². The molecule has 6 N–H and O–H groups in total. The van der Waals surface area contributed by atoms with Gasteiger partial charge in [0.15, 0.2) is 6.29 Å². The third-order valence-electron chi connectivity index (χ3n) is 7.40. The highest BCUT2D eigenvalue weighted by Crippen LogP contribution is 2.42. The lowest BCUT2D eigenvalue weighted by atomic mass is 9.76. The van der Waals surface area contributed by atoms with Gasteiger partial charge in [-0.25, -0.2) is 8.42 Å². The molecule has 40 heavy (non-hydrogen) atoms. The number of aliphatic hydroxyl groups is 1. The maximum Gasteiger partial charge on any atom is 0.251 e. The van der Waals surface area contributed by atoms with Gasteiger partial charge in [0.2, 0.25) is 21.8 Å². The van der Waals surface area contributed by atoms with Crippen LogP contribution in [0.1, 0.15) is 36.0 Å². The zero-order valence-electron chi connectivity index (χ0n) is 22.2. The van der Waals surface area contributed by atoms with Gasteiger partial charge < -0.3 is 31.5 Å². The van der Waals surface area contributed by atoms with Crippen molar-refractivity contribution in [3.63, 3.8) is 0 Å². The molecule has 12 nitrogen and oxygen atoms in total. The van der Waals surface area contributed by atoms with Crippen molar-refractivity contribution < 1.29 is 32.6 Å². The van der Waals surface area contributed by atoms with Crippen LogP contribution in [0.5, 0.6) is 0 Å². The number of fused-ring (bicyclic) bond motifs is 3. The second-order valence-corrected chi connectivity index (χ2v) is 11.9. The number of hydrogen-bond acceptors (Lipinski definition) is 8. The quantitative estimate of drug-likeness (QED) is 0.187. The summed E-state index contributed by atoms with van der Waals surface area (Å²) in [7, 11) is -2.71. The van der Waals surface area contributed by atoms with Gasteiger partial charge in [-0.1, -0.05) is 24.3 Å². The number of nitrogens with two attached hydrogens (primary N) is 1. The van der Waals surface area contributed by atoms with Crippen molar-refractivity contribution in [3.8, 4) is 0 Å². The van der Waals surface area contributed by atoms with Crippen molar-refractivity contribution in [3.05, 3.63) is 60.2 Å². The van der Waals surface area contributed by atoms with Crippen molar-refractivity contribution in [1.29, 1.82) is 0 Å². The number of sulfonamides is 1. The first-order valence-electron chi connectivity index (χ1n) is 13.1. The number of ether oxygens (including phenoxy) is 1. The maximum atomic E-state index is 13.6. The minimum absolute atomic E-state index is 0.112. The Morgan fingerprint density at radius 3 is 2.40 bits per heavy atom. The van der Waals surface area contributed by atoms with Gasteiger partial charge in [0.05, 0.1) is 17.5 Å². The predicted octanol–water partition coefficient (Wildman–Crippen LogP) is 0.196. The molecule has 1 aliphatic carbocycles. The third kappa shape index (κ3) is 6.61. The van der Waals surface area contributed by atoms with Crippen LogP contribution in [0, 0.1) is 5.92 Å². The Kier molecular flexibility index (Phi) is 9.40. The minimum Gasteiger partial charge on any atom is -0.399 e. The lowest BCUT2D eigenvalue weighted by Gasteiger charge is -2.49. The number of carbonyl (C=O) groups is 3. The van der Waals surface area contributed by atoms with Gasteiger partial charge in [-0.3, -0.25) is 14.4 Å². The molecule has 2 aromatic carbocycles. The van der Waals surface area contributed by atoms with Crippen LogP contribution in [0.2, 0.25) is 0 Å². The Bertz CT molecular complexity index is 1320. The molecule has 216 valence electrons. The largest absolute Gasteiger partial charge is 0.399 e. The summed E-state index contributed by atoms with van der Waals surface area (Å²) in [6, 6.07) is 11.9. The summed E-state index contributed by atoms with van der Waals surface area (Å²) in [6.45, 7) is -0.577. The van der Waals surface area contributed by atoms with E-state index in [9.17, 15) is 27.9 Å². The molecule has 3 amide bonds. The van der Waals surface area contributed by atoms with Crippen LogP contribution in [-0.4, -0.2) is 80.2 Å². The summed E-state index contributed by atoms with van der Waals surface area (Å²) in [5.41, 5.74) is 6.39. The third-order valence-corrected chi connectivity index (χ3v) is 9.35. The van der Waals surface area contributed by atoms with Gasteiger partial charge in [0.25, 0.3) is 5.91 Å². The highest BCUT2D eigenvalue weighted by molar-refractivity contribution is 7.89. The van der Waals surface area contributed by atoms with Crippen LogP contribution in [0.3, 0.4) is 0 Å². The molecule has 3 fully saturated rings. The number of rotatable bonds is 11. The molecule has 2 heterocycles. The summed E-state index contributed by atoms with van der Waals surface area (Å²) in [4.78, 5) is 38.4. The Labute approximate surface area is 233 Å². The number of carbonyl (C=O) groups excluding carboxylic acids is 3. The molecule has 2 aromatic rings. The average Bonchev–Trinajstić information content (AvgIpc) is 2.97. The van der Waals surface area contributed by atoms with E-state index in [-0.39, 0.29) is 29.9 Å². The SMILES string of the molecule is COC(O)[C@@H](CNC(=O)CNC(=O)c1cccc(N)c1)NC(=O)C1C2CCC(CC2)N1S(=O)(=O)c1ccccc1. The van der Waals surface area contributed by atoms with E-state index in [4.69, 9.17) is 10.5 Å². The van der Waals surface area contributed by atoms with E-state index < -0.39 is 46.1 Å². The Morgan fingerprint density at radius 2 is 1.75 bits per heavy atom. The number of anilines is 1. The predicted molar refractivity (Wildman–Crippen MR) is 146 cm³/mol. The summed E-state index contributed by atoms with van der Waals surface area (Å²) >= 11 is 0. The van der Waals surface area contributed by atoms with Gasteiger partial charge in [-0.15, -0.1) is 0 Å². The zero-order valence-corrected chi connectivity index (χ0v) is 23.0. The van der Waals surface area contributed by atoms with Crippen LogP contribution in [0.4, 0.5) is 5.69 Å². The van der Waals surface area contributed by atoms with E-state index in [1.165, 1.54) is 29.6 Å². The smallest absolute Gasteiger partial charge is 0.251 e. The lowest BCUT2D eigenvalue weighted by Crippen LogP contribution is -2.64. The standard InChI is InChI=1S/C27H35N5O7S/c1-39-27(36)22(15-29-23(33)16-30-25(34)18-6-5-7-19(28)14-18)31-26(35)24-17-10-12-20(13-11-17)32(24)40(37,38)21-8-3-2-4-9-21/h2-9,14,17,20,22,24,27,36H,10-13,15-16,28H2,1H3,(H,29,33)(H,30,34)(H,31,35)/t17?,20?,22-,24?,27?/m1/s1. The minimum atomic E-state index is -3.95. The molecule has 2 aliphatic heterocycles. The molecule has 0 radical (unpaired) electrons. The monoisotopic (exact) mass is 573 g/mol. The van der Waals surface area contributed by atoms with E-state index in [1.807, 2.05) is 0 Å². The van der Waals surface area contributed by atoms with Crippen LogP contribution < -0.4 is 21.7 Å². The first-order chi connectivity index (χ1) is 19.1. The highest BCUT2D eigenvalue weighted by atomic mass is 32.2. The first kappa shape index (κ1) is 29.5. The van der Waals surface area contributed by atoms with Crippen molar-refractivity contribution >= 4 is 33.4 Å². The number of aliphatic hydroxyl groups excluding tert-OH is 1. The fourth-order valence-corrected chi connectivity index (χ4v) is 7.30. The average molecular weight is 574 g/mol. The van der Waals surface area contributed by atoms with Gasteiger partial charge in [0, 0.05) is 30.9 Å². The van der Waals surface area contributed by atoms with Crippen LogP contribution in [0.15, 0.2) is 59.5 Å². The molecule has 3 atom stereocenters. The Morgan fingerprint density at radius 1 is 1.05 bits per heavy atom. The lowest BCUT2D eigenvalue weighted by molar-refractivity contribution is -0.139. The molecule has 3 aliphatic rings. The molecule has 2 unspecified atom stereocenters. The van der Waals surface area contributed by atoms with Crippen molar-refractivity contribution in [2.45, 2.75) is 55.0 Å². The van der Waals surface area contributed by atoms with Crippen molar-refractivity contribution in [2.75, 3.05) is 25.9 Å². The molecule has 0 aromatic heterocycles. The number of nitrogens with one attached hydrogen (secondary N) is 3. The van der Waals surface area contributed by atoms with Crippen LogP contribution in [-0.2, 0) is 24.3 Å². The highest BCUT2D eigenvalue weighted by Gasteiger charge is 2.51. The number of nitrogens with zero attached hydrogens (tertiary/aromatic N) is 1. The number of hydrogen-bond donors (Lipinski definition) is 5. The second kappa shape index (κ2) is 12.8. The van der Waals surface area contributed by atoms with Gasteiger partial charge >= 0.3 is 0 Å². The topological polar surface area (TPSA) is 180 Å². The number of piperidine rings is 2. The van der Waals surface area contributed by atoms with Gasteiger partial charge in [0.1, 0.15) is 6.04 Å². The number of nitrogen functional groups attached to an aromatic ring is 1. The first-order valence-corrected chi connectivity index (χ1v) is 14.6. The van der Waals surface area contributed by atoms with E-state index in [0.717, 1.165) is 0 Å². The van der Waals surface area contributed by atoms with E-state index >= 15 is 0 Å². The normalized spacial score (nSPS) is 22.2. The fraction of sp³-hybridized carbons (Fsp3) is 0.444. The molecule has 1 saturated carbocycles. The molecular weight excluding hydrogens is 538 g/mol. The molecule has 2 bridgehead atoms. The Hall–Kier alpha value is -3.52. The van der Waals surface area contributed by atoms with Crippen molar-refractivity contribution in [2.24, 2.45) is 5.92 Å². The second-order valence-electron chi connectivity index (χ2n) is 10.0. The summed E-state index contributed by atoms with van der Waals surface area (Å²) in [6.07, 6.45) is 1.28. The molecule has 2 saturated heterocycles. The fourth-order valence-electron chi connectivity index (χ4n) is 5.38. The maximum absolute atomic E-state index is 13.6. The van der Waals surface area contributed by atoms with E-state index in [2.05, 4.69) is 16.0 Å². The molecule has 13 heteroatoms. The number of amides is 3. The molecular formula is C27H35N5O7S. The molecule has 5 rings (SSSR count). The number of benzene rings is 2. The van der Waals surface area contributed by atoms with Crippen molar-refractivity contribution in [1.82, 2.24) is 20.3 Å². The summed E-state index contributed by atoms with van der Waals surface area (Å²) < 4.78 is 33.5. The Balaban J connectivity index is 1.41. The molecule has 0 spiro atoms. The van der Waals surface area contributed by atoms with Crippen LogP contribution >= 0.6 is 0 Å². The summed E-state index contributed by atoms with van der Waals surface area (Å²) in [5.74, 6) is -1.80. The summed E-state index contributed by atoms with van der Waals surface area (Å²) in [5, 5.41) is 18.1. The van der Waals surface area contributed by atoms with Gasteiger partial charge in [-0.2, -0.15) is 4.31 Å². The van der Waals surface area contributed by atoms with Crippen LogP contribution in [0.25, 0.3) is 0 Å². The zero-order chi connectivity index (χ0) is 28.9.